The van der Waals surface area contributed by atoms with Crippen LogP contribution in [-0.4, -0.2) is 0 Å². The van der Waals surface area contributed by atoms with E-state index in [1.807, 2.05) is 0 Å². The molecule has 286 valence electrons. The fraction of sp³-hybridized carbons (Fsp3) is 0.100. The molecule has 61 heavy (non-hydrogen) atoms. The fourth-order valence-electron chi connectivity index (χ4n) is 12.9. The van der Waals surface area contributed by atoms with Crippen LogP contribution in [0.5, 0.6) is 0 Å². The van der Waals surface area contributed by atoms with Crippen molar-refractivity contribution in [2.45, 2.75) is 36.5 Å². The van der Waals surface area contributed by atoms with Gasteiger partial charge in [0.05, 0.1) is 10.8 Å². The summed E-state index contributed by atoms with van der Waals surface area (Å²) in [7, 11) is 0. The van der Waals surface area contributed by atoms with Crippen molar-refractivity contribution in [1.82, 2.24) is 0 Å². The number of hydrogen-bond donors (Lipinski definition) is 0. The number of rotatable bonds is 3. The molecule has 1 nitrogen and oxygen atoms in total. The zero-order valence-corrected chi connectivity index (χ0v) is 33.8. The van der Waals surface area contributed by atoms with Crippen LogP contribution >= 0.6 is 0 Å². The molecule has 0 N–H and O–H groups in total. The number of hydrogen-bond acceptors (Lipinski definition) is 1. The Morgan fingerprint density at radius 3 is 1.77 bits per heavy atom. The number of para-hydroxylation sites is 1. The van der Waals surface area contributed by atoms with Gasteiger partial charge < -0.3 is 4.90 Å². The maximum absolute atomic E-state index is 2.56. The number of allylic oxidation sites excluding steroid dienone is 8. The summed E-state index contributed by atoms with van der Waals surface area (Å²) in [6, 6.07) is 67.2. The van der Waals surface area contributed by atoms with Crippen molar-refractivity contribution in [3.05, 3.63) is 256 Å². The first-order valence-corrected chi connectivity index (χ1v) is 22.0. The van der Waals surface area contributed by atoms with Crippen molar-refractivity contribution < 1.29 is 0 Å². The standard InChI is InChI=1S/C60H41N/c1-2-17-39(18-3-1)61(40-31-33-47-45-22-8-13-27-52(45)59(56(47)36-40)50-25-11-6-20-43(50)44-21-7-12-26-51(44)59)41-32-34-48-46-23-9-14-28-53(46)60(57(48)37-41)54-29-15-10-24-49(54)58-42-19-5-4-16-38(42)30-35-55(58)60/h1-7,9-13,15-21,23-27,29-37H,8,14,22,28H2. The van der Waals surface area contributed by atoms with Gasteiger partial charge in [-0.05, 0) is 162 Å². The minimum atomic E-state index is -0.377. The van der Waals surface area contributed by atoms with E-state index in [0.717, 1.165) is 31.4 Å². The van der Waals surface area contributed by atoms with E-state index in [4.69, 9.17) is 0 Å². The summed E-state index contributed by atoms with van der Waals surface area (Å²) in [5.74, 6) is 0. The van der Waals surface area contributed by atoms with Gasteiger partial charge in [0.25, 0.3) is 0 Å². The van der Waals surface area contributed by atoms with Crippen molar-refractivity contribution in [3.63, 3.8) is 0 Å². The maximum atomic E-state index is 2.56. The Labute approximate surface area is 357 Å². The first kappa shape index (κ1) is 33.6. The topological polar surface area (TPSA) is 3.24 Å². The smallest absolute Gasteiger partial charge is 0.0722 e. The van der Waals surface area contributed by atoms with Crippen molar-refractivity contribution in [3.8, 4) is 22.3 Å². The lowest BCUT2D eigenvalue weighted by Gasteiger charge is -2.35. The number of nitrogens with zero attached hydrogens (tertiary/aromatic N) is 1. The molecular formula is C60H41N. The van der Waals surface area contributed by atoms with Crippen molar-refractivity contribution in [2.75, 3.05) is 4.90 Å². The fourth-order valence-corrected chi connectivity index (χ4v) is 12.9. The Bertz CT molecular complexity index is 3330. The van der Waals surface area contributed by atoms with Crippen LogP contribution in [-0.2, 0) is 10.8 Å². The molecule has 0 aromatic heterocycles. The zero-order chi connectivity index (χ0) is 39.9. The lowest BCUT2D eigenvalue weighted by atomic mass is 9.68. The average molecular weight is 776 g/mol. The molecule has 8 aromatic rings. The molecule has 0 bridgehead atoms. The molecule has 0 fully saturated rings. The molecule has 1 heteroatoms. The number of fused-ring (bicyclic) bond motifs is 20. The minimum Gasteiger partial charge on any atom is -0.310 e. The van der Waals surface area contributed by atoms with Crippen LogP contribution in [0.3, 0.4) is 0 Å². The SMILES string of the molecule is C1=CC2=C(CC1)c1ccc(N(c3ccccc3)c3ccc4c(c3)C3(C5=C4C=CCC5)c4ccccc4-c4c3ccc3ccccc43)cc1C21c2ccccc2-c2ccccc21. The monoisotopic (exact) mass is 775 g/mol. The molecule has 0 heterocycles. The Morgan fingerprint density at radius 2 is 1.00 bits per heavy atom. The largest absolute Gasteiger partial charge is 0.310 e. The van der Waals surface area contributed by atoms with E-state index in [1.165, 1.54) is 111 Å². The Balaban J connectivity index is 1.03. The number of anilines is 3. The summed E-state index contributed by atoms with van der Waals surface area (Å²) >= 11 is 0. The summed E-state index contributed by atoms with van der Waals surface area (Å²) in [5, 5.41) is 2.63. The molecule has 0 aliphatic heterocycles. The molecule has 0 radical (unpaired) electrons. The molecular weight excluding hydrogens is 735 g/mol. The molecule has 14 rings (SSSR count). The highest BCUT2D eigenvalue weighted by molar-refractivity contribution is 6.07. The highest BCUT2D eigenvalue weighted by Gasteiger charge is 2.54. The van der Waals surface area contributed by atoms with Gasteiger partial charge in [-0.15, -0.1) is 0 Å². The predicted molar refractivity (Wildman–Crippen MR) is 253 cm³/mol. The van der Waals surface area contributed by atoms with E-state index in [1.54, 1.807) is 0 Å². The van der Waals surface area contributed by atoms with Gasteiger partial charge in [-0.3, -0.25) is 0 Å². The van der Waals surface area contributed by atoms with E-state index >= 15 is 0 Å². The van der Waals surface area contributed by atoms with Crippen LogP contribution in [0.25, 0.3) is 44.2 Å². The predicted octanol–water partition coefficient (Wildman–Crippen LogP) is 15.2. The third kappa shape index (κ3) is 4.12. The van der Waals surface area contributed by atoms with Gasteiger partial charge in [0.1, 0.15) is 0 Å². The average Bonchev–Trinajstić information content (AvgIpc) is 4.01. The van der Waals surface area contributed by atoms with E-state index in [0.29, 0.717) is 0 Å². The minimum absolute atomic E-state index is 0.371. The molecule has 8 aromatic carbocycles. The molecule has 2 spiro atoms. The van der Waals surface area contributed by atoms with Gasteiger partial charge in [0.15, 0.2) is 0 Å². The molecule has 0 saturated carbocycles. The molecule has 1 unspecified atom stereocenters. The Kier molecular flexibility index (Phi) is 6.71. The van der Waals surface area contributed by atoms with Crippen LogP contribution in [0.2, 0.25) is 0 Å². The Hall–Kier alpha value is -7.22. The van der Waals surface area contributed by atoms with Gasteiger partial charge in [-0.25, -0.2) is 0 Å². The van der Waals surface area contributed by atoms with Gasteiger partial charge in [0, 0.05) is 17.1 Å². The summed E-state index contributed by atoms with van der Waals surface area (Å²) in [4.78, 5) is 2.52. The zero-order valence-electron chi connectivity index (χ0n) is 33.8. The van der Waals surface area contributed by atoms with Gasteiger partial charge in [-0.2, -0.15) is 0 Å². The Morgan fingerprint density at radius 1 is 0.393 bits per heavy atom. The van der Waals surface area contributed by atoms with Crippen LogP contribution in [0.4, 0.5) is 17.1 Å². The lowest BCUT2D eigenvalue weighted by Crippen LogP contribution is -2.28. The summed E-state index contributed by atoms with van der Waals surface area (Å²) < 4.78 is 0. The van der Waals surface area contributed by atoms with Crippen LogP contribution < -0.4 is 4.90 Å². The van der Waals surface area contributed by atoms with Crippen molar-refractivity contribution >= 4 is 39.0 Å². The summed E-state index contributed by atoms with van der Waals surface area (Å²) in [5.41, 5.74) is 25.3. The van der Waals surface area contributed by atoms with Crippen molar-refractivity contribution in [1.29, 1.82) is 0 Å². The lowest BCUT2D eigenvalue weighted by molar-refractivity contribution is 0.714. The first-order chi connectivity index (χ1) is 30.3. The summed E-state index contributed by atoms with van der Waals surface area (Å²) in [6.07, 6.45) is 13.9. The molecule has 0 saturated heterocycles. The van der Waals surface area contributed by atoms with Crippen molar-refractivity contribution in [2.24, 2.45) is 0 Å². The molecule has 1 atom stereocenters. The van der Waals surface area contributed by atoms with Gasteiger partial charge in [-0.1, -0.05) is 164 Å². The van der Waals surface area contributed by atoms with Gasteiger partial charge in [0.2, 0.25) is 0 Å². The molecule has 6 aliphatic rings. The maximum Gasteiger partial charge on any atom is 0.0722 e. The third-order valence-electron chi connectivity index (χ3n) is 15.0. The van der Waals surface area contributed by atoms with E-state index in [2.05, 4.69) is 205 Å². The number of benzene rings is 8. The second-order valence-electron chi connectivity index (χ2n) is 17.6. The normalized spacial score (nSPS) is 18.8. The van der Waals surface area contributed by atoms with E-state index < -0.39 is 0 Å². The first-order valence-electron chi connectivity index (χ1n) is 22.0. The van der Waals surface area contributed by atoms with E-state index in [-0.39, 0.29) is 10.8 Å². The second kappa shape index (κ2) is 12.2. The van der Waals surface area contributed by atoms with Crippen LogP contribution in [0, 0.1) is 0 Å². The highest BCUT2D eigenvalue weighted by atomic mass is 15.1. The highest BCUT2D eigenvalue weighted by Crippen LogP contribution is 2.66. The quantitative estimate of drug-likeness (QED) is 0.173. The molecule has 0 amide bonds. The third-order valence-corrected chi connectivity index (χ3v) is 15.0. The van der Waals surface area contributed by atoms with Gasteiger partial charge >= 0.3 is 0 Å². The van der Waals surface area contributed by atoms with Crippen LogP contribution in [0.15, 0.2) is 211 Å². The summed E-state index contributed by atoms with van der Waals surface area (Å²) in [6.45, 7) is 0. The van der Waals surface area contributed by atoms with E-state index in [9.17, 15) is 0 Å². The van der Waals surface area contributed by atoms with Crippen LogP contribution in [0.1, 0.15) is 70.2 Å². The molecule has 6 aliphatic carbocycles. The second-order valence-corrected chi connectivity index (χ2v) is 17.6.